The van der Waals surface area contributed by atoms with Crippen LogP contribution < -0.4 is 5.32 Å². The average Bonchev–Trinajstić information content (AvgIpc) is 2.46. The number of nitrogens with one attached hydrogen (secondary N) is 1. The molecule has 0 radical (unpaired) electrons. The van der Waals surface area contributed by atoms with Crippen LogP contribution in [0, 0.1) is 10.1 Å². The van der Waals surface area contributed by atoms with E-state index in [0.29, 0.717) is 17.3 Å². The van der Waals surface area contributed by atoms with Gasteiger partial charge in [-0.15, -0.1) is 0 Å². The van der Waals surface area contributed by atoms with Crippen molar-refractivity contribution in [3.8, 4) is 0 Å². The van der Waals surface area contributed by atoms with E-state index >= 15 is 0 Å². The largest absolute Gasteiger partial charge is 0.392 e. The Morgan fingerprint density at radius 1 is 1.15 bits per heavy atom. The Labute approximate surface area is 121 Å². The number of nitro benzene ring substituents is 1. The number of aliphatic hydroxyl groups excluding tert-OH is 1. The first-order valence-corrected chi connectivity index (χ1v) is 6.34. The van der Waals surface area contributed by atoms with E-state index in [4.69, 9.17) is 16.7 Å². The Kier molecular flexibility index (Phi) is 4.55. The van der Waals surface area contributed by atoms with E-state index in [2.05, 4.69) is 5.32 Å². The predicted molar refractivity (Wildman–Crippen MR) is 77.8 cm³/mol. The van der Waals surface area contributed by atoms with Crippen LogP contribution in [-0.2, 0) is 13.2 Å². The molecule has 0 bridgehead atoms. The molecule has 0 aliphatic heterocycles. The Morgan fingerprint density at radius 3 is 2.35 bits per heavy atom. The third kappa shape index (κ3) is 3.46. The highest BCUT2D eigenvalue weighted by molar-refractivity contribution is 6.33. The van der Waals surface area contributed by atoms with Crippen molar-refractivity contribution < 1.29 is 10.0 Å². The molecule has 2 N–H and O–H groups in total. The fourth-order valence-electron chi connectivity index (χ4n) is 1.72. The Balaban J connectivity index is 2.04. The molecular weight excluding hydrogens is 280 g/mol. The molecule has 0 saturated carbocycles. The summed E-state index contributed by atoms with van der Waals surface area (Å²) in [5, 5.41) is 23.0. The molecule has 0 aliphatic carbocycles. The normalized spacial score (nSPS) is 10.3. The summed E-state index contributed by atoms with van der Waals surface area (Å²) in [5.41, 5.74) is 2.48. The van der Waals surface area contributed by atoms with Gasteiger partial charge in [0.2, 0.25) is 0 Å². The zero-order valence-electron chi connectivity index (χ0n) is 10.5. The summed E-state index contributed by atoms with van der Waals surface area (Å²) in [6.45, 7) is 0.561. The van der Waals surface area contributed by atoms with Crippen molar-refractivity contribution in [2.75, 3.05) is 5.32 Å². The summed E-state index contributed by atoms with van der Waals surface area (Å²) in [7, 11) is 0. The highest BCUT2D eigenvalue weighted by Crippen LogP contribution is 2.27. The number of nitro groups is 1. The number of nitrogens with zero attached hydrogens (tertiary/aromatic N) is 1. The maximum absolute atomic E-state index is 10.6. The lowest BCUT2D eigenvalue weighted by atomic mass is 10.1. The van der Waals surface area contributed by atoms with Gasteiger partial charge in [-0.1, -0.05) is 35.9 Å². The molecule has 0 atom stereocenters. The van der Waals surface area contributed by atoms with Gasteiger partial charge in [0.1, 0.15) is 0 Å². The first kappa shape index (κ1) is 14.3. The number of hydrogen-bond donors (Lipinski definition) is 2. The number of benzene rings is 2. The standard InChI is InChI=1S/C14H13ClN2O3/c15-13-7-12(17(19)20)5-6-14(13)16-8-10-1-3-11(9-18)4-2-10/h1-7,16,18H,8-9H2. The lowest BCUT2D eigenvalue weighted by Crippen LogP contribution is -2.00. The molecule has 0 aliphatic rings. The summed E-state index contributed by atoms with van der Waals surface area (Å²) in [5.74, 6) is 0. The minimum absolute atomic E-state index is 0.0158. The van der Waals surface area contributed by atoms with Crippen molar-refractivity contribution in [2.24, 2.45) is 0 Å². The Morgan fingerprint density at radius 2 is 1.80 bits per heavy atom. The van der Waals surface area contributed by atoms with E-state index in [1.807, 2.05) is 24.3 Å². The van der Waals surface area contributed by atoms with Gasteiger partial charge in [0.05, 0.1) is 22.2 Å². The van der Waals surface area contributed by atoms with Crippen LogP contribution in [0.5, 0.6) is 0 Å². The van der Waals surface area contributed by atoms with Crippen molar-refractivity contribution in [1.82, 2.24) is 0 Å². The maximum Gasteiger partial charge on any atom is 0.271 e. The second kappa shape index (κ2) is 6.36. The second-order valence-corrected chi connectivity index (χ2v) is 4.66. The van der Waals surface area contributed by atoms with Crippen molar-refractivity contribution in [3.63, 3.8) is 0 Å². The Bertz CT molecular complexity index is 614. The lowest BCUT2D eigenvalue weighted by Gasteiger charge is -2.08. The molecule has 0 heterocycles. The summed E-state index contributed by atoms with van der Waals surface area (Å²) >= 11 is 5.99. The fourth-order valence-corrected chi connectivity index (χ4v) is 1.96. The molecule has 2 aromatic carbocycles. The van der Waals surface area contributed by atoms with Gasteiger partial charge < -0.3 is 10.4 Å². The number of hydrogen-bond acceptors (Lipinski definition) is 4. The van der Waals surface area contributed by atoms with Crippen molar-refractivity contribution >= 4 is 23.0 Å². The van der Waals surface area contributed by atoms with E-state index in [1.54, 1.807) is 6.07 Å². The zero-order chi connectivity index (χ0) is 14.5. The van der Waals surface area contributed by atoms with Crippen molar-refractivity contribution in [2.45, 2.75) is 13.2 Å². The molecule has 0 amide bonds. The van der Waals surface area contributed by atoms with Crippen LogP contribution in [0.3, 0.4) is 0 Å². The first-order valence-electron chi connectivity index (χ1n) is 5.96. The van der Waals surface area contributed by atoms with Crippen molar-refractivity contribution in [1.29, 1.82) is 0 Å². The van der Waals surface area contributed by atoms with Crippen LogP contribution in [-0.4, -0.2) is 10.0 Å². The molecule has 5 nitrogen and oxygen atoms in total. The number of halogens is 1. The molecule has 20 heavy (non-hydrogen) atoms. The molecule has 2 rings (SSSR count). The highest BCUT2D eigenvalue weighted by atomic mass is 35.5. The van der Waals surface area contributed by atoms with Crippen LogP contribution in [0.1, 0.15) is 11.1 Å². The van der Waals surface area contributed by atoms with Crippen molar-refractivity contribution in [3.05, 3.63) is 68.7 Å². The topological polar surface area (TPSA) is 75.4 Å². The van der Waals surface area contributed by atoms with E-state index in [9.17, 15) is 10.1 Å². The van der Waals surface area contributed by atoms with Gasteiger partial charge in [-0.2, -0.15) is 0 Å². The van der Waals surface area contributed by atoms with E-state index in [1.165, 1.54) is 12.1 Å². The van der Waals surface area contributed by atoms with Gasteiger partial charge in [-0.25, -0.2) is 0 Å². The molecular formula is C14H13ClN2O3. The molecule has 0 aromatic heterocycles. The monoisotopic (exact) mass is 292 g/mol. The molecule has 2 aromatic rings. The van der Waals surface area contributed by atoms with Gasteiger partial charge in [0.25, 0.3) is 5.69 Å². The SMILES string of the molecule is O=[N+]([O-])c1ccc(NCc2ccc(CO)cc2)c(Cl)c1. The van der Waals surface area contributed by atoms with Gasteiger partial charge in [0, 0.05) is 18.7 Å². The minimum Gasteiger partial charge on any atom is -0.392 e. The van der Waals surface area contributed by atoms with Crippen LogP contribution >= 0.6 is 11.6 Å². The molecule has 104 valence electrons. The third-order valence-corrected chi connectivity index (χ3v) is 3.16. The lowest BCUT2D eigenvalue weighted by molar-refractivity contribution is -0.384. The molecule has 0 saturated heterocycles. The van der Waals surface area contributed by atoms with Crippen LogP contribution in [0.4, 0.5) is 11.4 Å². The average molecular weight is 293 g/mol. The molecule has 6 heteroatoms. The van der Waals surface area contributed by atoms with E-state index in [0.717, 1.165) is 11.1 Å². The Hall–Kier alpha value is -2.11. The minimum atomic E-state index is -0.483. The smallest absolute Gasteiger partial charge is 0.271 e. The van der Waals surface area contributed by atoms with Gasteiger partial charge in [-0.3, -0.25) is 10.1 Å². The van der Waals surface area contributed by atoms with Gasteiger partial charge in [-0.05, 0) is 17.2 Å². The molecule has 0 unspecified atom stereocenters. The fraction of sp³-hybridized carbons (Fsp3) is 0.143. The summed E-state index contributed by atoms with van der Waals surface area (Å²) < 4.78 is 0. The molecule has 0 fully saturated rings. The van der Waals surface area contributed by atoms with E-state index in [-0.39, 0.29) is 12.3 Å². The third-order valence-electron chi connectivity index (χ3n) is 2.85. The summed E-state index contributed by atoms with van der Waals surface area (Å²) in [4.78, 5) is 10.1. The first-order chi connectivity index (χ1) is 9.60. The number of rotatable bonds is 5. The molecule has 0 spiro atoms. The summed E-state index contributed by atoms with van der Waals surface area (Å²) in [6.07, 6.45) is 0. The van der Waals surface area contributed by atoms with Crippen LogP contribution in [0.2, 0.25) is 5.02 Å². The number of anilines is 1. The second-order valence-electron chi connectivity index (χ2n) is 4.25. The van der Waals surface area contributed by atoms with E-state index < -0.39 is 4.92 Å². The quantitative estimate of drug-likeness (QED) is 0.654. The maximum atomic E-state index is 10.6. The number of non-ortho nitro benzene ring substituents is 1. The van der Waals surface area contributed by atoms with Crippen LogP contribution in [0.15, 0.2) is 42.5 Å². The van der Waals surface area contributed by atoms with Gasteiger partial charge >= 0.3 is 0 Å². The summed E-state index contributed by atoms with van der Waals surface area (Å²) in [6, 6.07) is 11.8. The number of aliphatic hydroxyl groups is 1. The predicted octanol–water partition coefficient (Wildman–Crippen LogP) is 3.35. The highest BCUT2D eigenvalue weighted by Gasteiger charge is 2.09. The van der Waals surface area contributed by atoms with Crippen LogP contribution in [0.25, 0.3) is 0 Å². The zero-order valence-corrected chi connectivity index (χ0v) is 11.3. The van der Waals surface area contributed by atoms with Gasteiger partial charge in [0.15, 0.2) is 0 Å².